The molecule has 0 saturated carbocycles. The molecule has 0 fully saturated rings. The first-order chi connectivity index (χ1) is 12.3. The van der Waals surface area contributed by atoms with Gasteiger partial charge in [-0.2, -0.15) is 0 Å². The Morgan fingerprint density at radius 1 is 1.12 bits per heavy atom. The van der Waals surface area contributed by atoms with Crippen LogP contribution in [0.4, 0.5) is 5.69 Å². The lowest BCUT2D eigenvalue weighted by molar-refractivity contribution is -0.136. The fraction of sp³-hybridized carbons (Fsp3) is 0.400. The number of nitrogens with one attached hydrogen (secondary N) is 2. The van der Waals surface area contributed by atoms with Crippen molar-refractivity contribution in [2.24, 2.45) is 0 Å². The van der Waals surface area contributed by atoms with E-state index in [4.69, 9.17) is 4.42 Å². The summed E-state index contributed by atoms with van der Waals surface area (Å²) in [4.78, 5) is 23.8. The van der Waals surface area contributed by atoms with E-state index < -0.39 is 17.9 Å². The Hall–Kier alpha value is -2.60. The van der Waals surface area contributed by atoms with Gasteiger partial charge in [0.25, 0.3) is 0 Å². The number of anilines is 1. The van der Waals surface area contributed by atoms with E-state index in [1.165, 1.54) is 0 Å². The lowest BCUT2D eigenvalue weighted by atomic mass is 10.0. The molecule has 6 heteroatoms. The number of furan rings is 1. The topological polar surface area (TPSA) is 91.6 Å². The quantitative estimate of drug-likeness (QED) is 0.692. The van der Waals surface area contributed by atoms with Crippen molar-refractivity contribution in [2.45, 2.75) is 46.1 Å². The van der Waals surface area contributed by atoms with Gasteiger partial charge in [0, 0.05) is 17.8 Å². The van der Waals surface area contributed by atoms with Crippen LogP contribution >= 0.6 is 0 Å². The first-order valence-electron chi connectivity index (χ1n) is 8.72. The van der Waals surface area contributed by atoms with Gasteiger partial charge >= 0.3 is 11.8 Å². The molecular formula is C20H26N2O4. The molecule has 1 atom stereocenters. The number of hydrogen-bond donors (Lipinski definition) is 3. The first-order valence-corrected chi connectivity index (χ1v) is 8.72. The molecule has 3 N–H and O–H groups in total. The van der Waals surface area contributed by atoms with Crippen LogP contribution in [0.15, 0.2) is 34.7 Å². The molecule has 0 aliphatic carbocycles. The lowest BCUT2D eigenvalue weighted by Crippen LogP contribution is -2.36. The number of aryl methyl sites for hydroxylation is 2. The predicted molar refractivity (Wildman–Crippen MR) is 99.9 cm³/mol. The molecule has 1 aromatic heterocycles. The second-order valence-electron chi connectivity index (χ2n) is 6.66. The maximum atomic E-state index is 11.9. The van der Waals surface area contributed by atoms with Crippen LogP contribution in [-0.2, 0) is 9.59 Å². The van der Waals surface area contributed by atoms with Gasteiger partial charge < -0.3 is 20.2 Å². The second kappa shape index (κ2) is 8.67. The number of amides is 2. The number of benzene rings is 1. The molecule has 2 rings (SSSR count). The molecule has 0 aliphatic rings. The highest BCUT2D eigenvalue weighted by Gasteiger charge is 2.17. The van der Waals surface area contributed by atoms with Gasteiger partial charge in [-0.15, -0.1) is 0 Å². The van der Waals surface area contributed by atoms with Gasteiger partial charge in [0.05, 0.1) is 6.10 Å². The van der Waals surface area contributed by atoms with Crippen molar-refractivity contribution in [1.29, 1.82) is 0 Å². The highest BCUT2D eigenvalue weighted by atomic mass is 16.3. The highest BCUT2D eigenvalue weighted by Crippen LogP contribution is 2.23. The molecule has 26 heavy (non-hydrogen) atoms. The van der Waals surface area contributed by atoms with E-state index in [0.29, 0.717) is 29.3 Å². The molecule has 1 unspecified atom stereocenters. The molecule has 0 radical (unpaired) electrons. The van der Waals surface area contributed by atoms with Crippen LogP contribution in [-0.4, -0.2) is 23.5 Å². The Morgan fingerprint density at radius 2 is 1.77 bits per heavy atom. The average Bonchev–Trinajstić information content (AvgIpc) is 2.93. The fourth-order valence-electron chi connectivity index (χ4n) is 2.68. The van der Waals surface area contributed by atoms with E-state index >= 15 is 0 Å². The van der Waals surface area contributed by atoms with E-state index in [1.807, 2.05) is 19.1 Å². The summed E-state index contributed by atoms with van der Waals surface area (Å²) in [6.45, 7) is 7.94. The first kappa shape index (κ1) is 19.7. The van der Waals surface area contributed by atoms with Crippen LogP contribution in [0.2, 0.25) is 0 Å². The minimum absolute atomic E-state index is 0.184. The largest absolute Gasteiger partial charge is 0.466 e. The van der Waals surface area contributed by atoms with Crippen molar-refractivity contribution in [3.63, 3.8) is 0 Å². The Labute approximate surface area is 153 Å². The van der Waals surface area contributed by atoms with Gasteiger partial charge in [-0.3, -0.25) is 9.59 Å². The van der Waals surface area contributed by atoms with Crippen molar-refractivity contribution in [3.8, 4) is 0 Å². The third-order valence-corrected chi connectivity index (χ3v) is 4.18. The number of carbonyl (C=O) groups excluding carboxylic acids is 2. The summed E-state index contributed by atoms with van der Waals surface area (Å²) in [5.41, 5.74) is 2.43. The molecule has 140 valence electrons. The lowest BCUT2D eigenvalue weighted by Gasteiger charge is -2.11. The SMILES string of the molecule is Cc1cc(C(O)CCNC(=O)C(=O)Nc2ccc(C(C)C)cc2)c(C)o1. The minimum atomic E-state index is -0.751. The zero-order valence-electron chi connectivity index (χ0n) is 15.6. The van der Waals surface area contributed by atoms with Crippen molar-refractivity contribution < 1.29 is 19.1 Å². The normalized spacial score (nSPS) is 12.1. The van der Waals surface area contributed by atoms with Gasteiger partial charge in [-0.1, -0.05) is 26.0 Å². The van der Waals surface area contributed by atoms with Crippen LogP contribution < -0.4 is 10.6 Å². The second-order valence-corrected chi connectivity index (χ2v) is 6.66. The van der Waals surface area contributed by atoms with E-state index in [1.54, 1.807) is 25.1 Å². The highest BCUT2D eigenvalue weighted by molar-refractivity contribution is 6.39. The summed E-state index contributed by atoms with van der Waals surface area (Å²) in [5.74, 6) is 0.321. The van der Waals surface area contributed by atoms with E-state index in [9.17, 15) is 14.7 Å². The zero-order valence-corrected chi connectivity index (χ0v) is 15.6. The van der Waals surface area contributed by atoms with Crippen molar-refractivity contribution in [2.75, 3.05) is 11.9 Å². The Morgan fingerprint density at radius 3 is 2.31 bits per heavy atom. The molecule has 2 aromatic rings. The van der Waals surface area contributed by atoms with E-state index in [-0.39, 0.29) is 6.54 Å². The van der Waals surface area contributed by atoms with Crippen LogP contribution in [0.1, 0.15) is 54.9 Å². The predicted octanol–water partition coefficient (Wildman–Crippen LogP) is 3.20. The molecule has 1 aromatic carbocycles. The summed E-state index contributed by atoms with van der Waals surface area (Å²) in [5, 5.41) is 15.2. The maximum absolute atomic E-state index is 11.9. The molecular weight excluding hydrogens is 332 g/mol. The molecule has 2 amide bonds. The van der Waals surface area contributed by atoms with Crippen molar-refractivity contribution in [3.05, 3.63) is 53.0 Å². The van der Waals surface area contributed by atoms with Crippen molar-refractivity contribution >= 4 is 17.5 Å². The summed E-state index contributed by atoms with van der Waals surface area (Å²) >= 11 is 0. The Kier molecular flexibility index (Phi) is 6.58. The molecule has 0 bridgehead atoms. The summed E-state index contributed by atoms with van der Waals surface area (Å²) in [6.07, 6.45) is -0.457. The zero-order chi connectivity index (χ0) is 19.3. The van der Waals surface area contributed by atoms with Gasteiger partial charge in [0.2, 0.25) is 0 Å². The van der Waals surface area contributed by atoms with Crippen LogP contribution in [0.25, 0.3) is 0 Å². The monoisotopic (exact) mass is 358 g/mol. The molecule has 1 heterocycles. The Bertz CT molecular complexity index is 763. The molecule has 0 aliphatic heterocycles. The average molecular weight is 358 g/mol. The molecule has 0 spiro atoms. The molecule has 0 saturated heterocycles. The standard InChI is InChI=1S/C20H26N2O4/c1-12(2)15-5-7-16(8-6-15)22-20(25)19(24)21-10-9-18(23)17-11-13(3)26-14(17)4/h5-8,11-12,18,23H,9-10H2,1-4H3,(H,21,24)(H,22,25). The maximum Gasteiger partial charge on any atom is 0.313 e. The van der Waals surface area contributed by atoms with Crippen molar-refractivity contribution in [1.82, 2.24) is 5.32 Å². The van der Waals surface area contributed by atoms with Gasteiger partial charge in [0.1, 0.15) is 11.5 Å². The molecule has 6 nitrogen and oxygen atoms in total. The van der Waals surface area contributed by atoms with Crippen LogP contribution in [0.5, 0.6) is 0 Å². The smallest absolute Gasteiger partial charge is 0.313 e. The van der Waals surface area contributed by atoms with Crippen LogP contribution in [0, 0.1) is 13.8 Å². The number of carbonyl (C=O) groups is 2. The number of aliphatic hydroxyl groups is 1. The summed E-state index contributed by atoms with van der Waals surface area (Å²) in [7, 11) is 0. The van der Waals surface area contributed by atoms with Gasteiger partial charge in [-0.25, -0.2) is 0 Å². The number of hydrogen-bond acceptors (Lipinski definition) is 4. The van der Waals surface area contributed by atoms with Gasteiger partial charge in [-0.05, 0) is 49.9 Å². The summed E-state index contributed by atoms with van der Waals surface area (Å²) < 4.78 is 5.38. The number of rotatable bonds is 6. The fourth-order valence-corrected chi connectivity index (χ4v) is 2.68. The Balaban J connectivity index is 1.80. The third kappa shape index (κ3) is 5.20. The van der Waals surface area contributed by atoms with Gasteiger partial charge in [0.15, 0.2) is 0 Å². The van der Waals surface area contributed by atoms with Crippen LogP contribution in [0.3, 0.4) is 0 Å². The minimum Gasteiger partial charge on any atom is -0.466 e. The summed E-state index contributed by atoms with van der Waals surface area (Å²) in [6, 6.07) is 9.16. The van der Waals surface area contributed by atoms with E-state index in [2.05, 4.69) is 24.5 Å². The van der Waals surface area contributed by atoms with E-state index in [0.717, 1.165) is 11.3 Å². The third-order valence-electron chi connectivity index (χ3n) is 4.18. The number of aliphatic hydroxyl groups excluding tert-OH is 1.